The minimum absolute atomic E-state index is 0.0431. The molecular formula is C52H56O8. The molecule has 0 radical (unpaired) electrons. The van der Waals surface area contributed by atoms with Gasteiger partial charge in [-0.1, -0.05) is 98.3 Å². The van der Waals surface area contributed by atoms with E-state index < -0.39 is 42.0 Å². The van der Waals surface area contributed by atoms with Crippen LogP contribution in [0.1, 0.15) is 142 Å². The summed E-state index contributed by atoms with van der Waals surface area (Å²) < 4.78 is 25.7. The van der Waals surface area contributed by atoms with Crippen molar-refractivity contribution in [2.75, 3.05) is 0 Å². The first-order chi connectivity index (χ1) is 28.8. The zero-order chi connectivity index (χ0) is 42.3. The third-order valence-electron chi connectivity index (χ3n) is 13.1. The number of carbonyl (C=O) groups excluding carboxylic acids is 2. The standard InChI is InChI=1S/C52H56O8/c1-30(2)39-21-17-32-15-18-35(19-16-32)40-22-20-37(36-14-10-13-34(26-36)25-33-11-8-7-9-12-33)27-38(40)28-44(54)57-48-46-43(60-52(5,6)49(48)59-50(39)55)24-23-41-42(29-53)45(31(3)4)51(56)58-47(41)46/h7-16,18-19,23-24,26,31,37-38,40,48-49,53H,17,20-22,25,27-29H2,1-6H3/t37-,38-,40+,48+,49-/m0/s1. The summed E-state index contributed by atoms with van der Waals surface area (Å²) in [6.45, 7) is 10.8. The summed E-state index contributed by atoms with van der Waals surface area (Å²) in [7, 11) is 0. The molecule has 8 nitrogen and oxygen atoms in total. The Bertz CT molecular complexity index is 2490. The van der Waals surface area contributed by atoms with Gasteiger partial charge in [-0.15, -0.1) is 0 Å². The zero-order valence-corrected chi connectivity index (χ0v) is 35.6. The average molecular weight is 809 g/mol. The number of allylic oxidation sites excluding steroid dienone is 1. The van der Waals surface area contributed by atoms with Crippen molar-refractivity contribution < 1.29 is 33.3 Å². The molecule has 8 heteroatoms. The van der Waals surface area contributed by atoms with E-state index in [0.29, 0.717) is 46.2 Å². The highest BCUT2D eigenvalue weighted by Crippen LogP contribution is 2.50. The lowest BCUT2D eigenvalue weighted by Crippen LogP contribution is -2.52. The molecule has 1 aromatic heterocycles. The van der Waals surface area contributed by atoms with E-state index in [-0.39, 0.29) is 35.7 Å². The molecule has 4 aliphatic rings. The molecule has 5 atom stereocenters. The third kappa shape index (κ3) is 8.19. The van der Waals surface area contributed by atoms with Crippen LogP contribution in [0.5, 0.6) is 5.75 Å². The van der Waals surface area contributed by atoms with Crippen molar-refractivity contribution in [2.45, 2.75) is 129 Å². The highest BCUT2D eigenvalue weighted by atomic mass is 16.6. The molecule has 1 aliphatic carbocycles. The summed E-state index contributed by atoms with van der Waals surface area (Å²) in [5.41, 5.74) is 7.01. The maximum absolute atomic E-state index is 14.7. The molecule has 9 rings (SSSR count). The second kappa shape index (κ2) is 16.9. The van der Waals surface area contributed by atoms with Crippen molar-refractivity contribution in [1.82, 2.24) is 0 Å². The van der Waals surface area contributed by atoms with Crippen molar-refractivity contribution >= 4 is 22.9 Å². The fraction of sp³-hybridized carbons (Fsp3) is 0.404. The fourth-order valence-corrected chi connectivity index (χ4v) is 10.0. The van der Waals surface area contributed by atoms with Crippen LogP contribution in [-0.4, -0.2) is 28.8 Å². The number of aliphatic hydroxyl groups excluding tert-OH is 1. The molecule has 312 valence electrons. The van der Waals surface area contributed by atoms with Gasteiger partial charge in [0.25, 0.3) is 0 Å². The number of fused-ring (bicyclic) bond motifs is 11. The Morgan fingerprint density at radius 1 is 0.833 bits per heavy atom. The van der Waals surface area contributed by atoms with Crippen molar-refractivity contribution in [3.63, 3.8) is 0 Å². The molecule has 0 saturated heterocycles. The van der Waals surface area contributed by atoms with E-state index in [1.807, 2.05) is 47.6 Å². The lowest BCUT2D eigenvalue weighted by Gasteiger charge is -2.43. The molecule has 0 unspecified atom stereocenters. The van der Waals surface area contributed by atoms with Crippen molar-refractivity contribution in [3.05, 3.63) is 157 Å². The van der Waals surface area contributed by atoms with Crippen molar-refractivity contribution in [3.8, 4) is 5.75 Å². The van der Waals surface area contributed by atoms with Crippen LogP contribution in [0, 0.1) is 5.92 Å². The number of aliphatic hydroxyl groups is 1. The minimum atomic E-state index is -1.18. The van der Waals surface area contributed by atoms with Crippen LogP contribution in [0.25, 0.3) is 11.0 Å². The first kappa shape index (κ1) is 41.3. The molecule has 3 aliphatic heterocycles. The first-order valence-corrected chi connectivity index (χ1v) is 21.5. The smallest absolute Gasteiger partial charge is 0.340 e. The van der Waals surface area contributed by atoms with Crippen LogP contribution in [0.4, 0.5) is 0 Å². The number of hydrogen-bond acceptors (Lipinski definition) is 8. The molecule has 0 spiro atoms. The Labute approximate surface area is 352 Å². The van der Waals surface area contributed by atoms with Gasteiger partial charge in [0.15, 0.2) is 12.2 Å². The predicted molar refractivity (Wildman–Crippen MR) is 232 cm³/mol. The number of benzene rings is 4. The van der Waals surface area contributed by atoms with E-state index in [2.05, 4.69) is 72.8 Å². The highest BCUT2D eigenvalue weighted by molar-refractivity contribution is 5.90. The second-order valence-corrected chi connectivity index (χ2v) is 18.1. The summed E-state index contributed by atoms with van der Waals surface area (Å²) in [5, 5.41) is 11.1. The average Bonchev–Trinajstić information content (AvgIpc) is 3.21. The molecule has 60 heavy (non-hydrogen) atoms. The Morgan fingerprint density at radius 2 is 1.58 bits per heavy atom. The molecule has 1 saturated carbocycles. The van der Waals surface area contributed by atoms with E-state index in [0.717, 1.165) is 36.8 Å². The predicted octanol–water partition coefficient (Wildman–Crippen LogP) is 10.7. The maximum atomic E-state index is 14.7. The molecule has 0 amide bonds. The largest absolute Gasteiger partial charge is 0.483 e. The van der Waals surface area contributed by atoms with E-state index in [4.69, 9.17) is 18.6 Å². The van der Waals surface area contributed by atoms with Gasteiger partial charge in [0.1, 0.15) is 16.9 Å². The second-order valence-electron chi connectivity index (χ2n) is 18.1. The molecule has 1 fully saturated rings. The van der Waals surface area contributed by atoms with Crippen LogP contribution in [0.2, 0.25) is 0 Å². The van der Waals surface area contributed by atoms with E-state index in [1.54, 1.807) is 12.1 Å². The number of carbonyl (C=O) groups is 2. The third-order valence-corrected chi connectivity index (χ3v) is 13.1. The SMILES string of the molecule is CC(C)=C1CCc2ccc(cc2)[C@H]2CC[C@H](c3cccc(Cc4ccccc4)c3)C[C@H]2CC(=O)O[C@@H]2c3c(ccc4c(CO)c(C(C)C)c(=O)oc34)OC(C)(C)[C@H]2OC1=O. The first-order valence-electron chi connectivity index (χ1n) is 21.5. The Kier molecular flexibility index (Phi) is 11.6. The Hall–Kier alpha value is -5.47. The van der Waals surface area contributed by atoms with Crippen LogP contribution < -0.4 is 10.4 Å². The lowest BCUT2D eigenvalue weighted by molar-refractivity contribution is -0.188. The van der Waals surface area contributed by atoms with Gasteiger partial charge < -0.3 is 23.7 Å². The molecule has 5 aromatic rings. The van der Waals surface area contributed by atoms with Gasteiger partial charge in [0.05, 0.1) is 12.2 Å². The van der Waals surface area contributed by atoms with Crippen LogP contribution in [0.15, 0.2) is 111 Å². The summed E-state index contributed by atoms with van der Waals surface area (Å²) in [6, 6.07) is 31.6. The van der Waals surface area contributed by atoms with Gasteiger partial charge in [0, 0.05) is 22.9 Å². The molecular weight excluding hydrogens is 753 g/mol. The Balaban J connectivity index is 1.21. The summed E-state index contributed by atoms with van der Waals surface area (Å²) in [4.78, 5) is 42.7. The molecule has 1 N–H and O–H groups in total. The van der Waals surface area contributed by atoms with E-state index in [9.17, 15) is 19.5 Å². The van der Waals surface area contributed by atoms with Gasteiger partial charge >= 0.3 is 17.6 Å². The van der Waals surface area contributed by atoms with Gasteiger partial charge in [-0.2, -0.15) is 0 Å². The van der Waals surface area contributed by atoms with Gasteiger partial charge in [0.2, 0.25) is 0 Å². The summed E-state index contributed by atoms with van der Waals surface area (Å²) in [6.07, 6.45) is 2.51. The maximum Gasteiger partial charge on any atom is 0.340 e. The number of ether oxygens (including phenoxy) is 3. The van der Waals surface area contributed by atoms with E-state index in [1.165, 1.54) is 22.3 Å². The monoisotopic (exact) mass is 808 g/mol. The van der Waals surface area contributed by atoms with Gasteiger partial charge in [-0.05, 0) is 135 Å². The van der Waals surface area contributed by atoms with Crippen molar-refractivity contribution in [1.29, 1.82) is 0 Å². The summed E-state index contributed by atoms with van der Waals surface area (Å²) in [5.74, 6) is -0.486. The number of rotatable bonds is 5. The fourth-order valence-electron chi connectivity index (χ4n) is 10.0. The van der Waals surface area contributed by atoms with Crippen LogP contribution in [-0.2, 0) is 38.5 Å². The molecule has 2 bridgehead atoms. The highest BCUT2D eigenvalue weighted by Gasteiger charge is 2.51. The van der Waals surface area contributed by atoms with Crippen LogP contribution in [0.3, 0.4) is 0 Å². The van der Waals surface area contributed by atoms with Gasteiger partial charge in [-0.3, -0.25) is 4.79 Å². The van der Waals surface area contributed by atoms with Crippen molar-refractivity contribution in [2.24, 2.45) is 5.92 Å². The zero-order valence-electron chi connectivity index (χ0n) is 35.6. The molecule has 4 aromatic carbocycles. The lowest BCUT2D eigenvalue weighted by atomic mass is 9.68. The minimum Gasteiger partial charge on any atom is -0.483 e. The number of hydrogen-bond donors (Lipinski definition) is 1. The van der Waals surface area contributed by atoms with Gasteiger partial charge in [-0.25, -0.2) is 9.59 Å². The number of aryl methyl sites for hydroxylation is 1. The van der Waals surface area contributed by atoms with Crippen LogP contribution >= 0.6 is 0 Å². The van der Waals surface area contributed by atoms with E-state index >= 15 is 0 Å². The summed E-state index contributed by atoms with van der Waals surface area (Å²) >= 11 is 0. The quantitative estimate of drug-likeness (QED) is 0.106. The topological polar surface area (TPSA) is 112 Å². The Morgan fingerprint density at radius 3 is 2.30 bits per heavy atom. The molecule has 4 heterocycles. The number of esters is 2. The normalized spacial score (nSPS) is 22.9.